The van der Waals surface area contributed by atoms with Gasteiger partial charge in [-0.2, -0.15) is 0 Å². The number of carbonyl (C=O) groups is 2. The minimum atomic E-state index is -0.255. The maximum absolute atomic E-state index is 13.0. The number of benzene rings is 1. The molecule has 6 heteroatoms. The zero-order chi connectivity index (χ0) is 19.7. The van der Waals surface area contributed by atoms with Crippen molar-refractivity contribution in [3.8, 4) is 0 Å². The highest BCUT2D eigenvalue weighted by atomic mass is 16.2. The first-order chi connectivity index (χ1) is 13.5. The number of rotatable bonds is 3. The molecule has 0 saturated carbocycles. The van der Waals surface area contributed by atoms with Crippen molar-refractivity contribution >= 4 is 23.3 Å². The summed E-state index contributed by atoms with van der Waals surface area (Å²) in [5.74, 6) is 0.831. The molecule has 2 aliphatic rings. The van der Waals surface area contributed by atoms with Gasteiger partial charge in [0.1, 0.15) is 5.82 Å². The number of piperazine rings is 1. The third kappa shape index (κ3) is 3.72. The van der Waals surface area contributed by atoms with E-state index in [0.717, 1.165) is 35.7 Å². The average molecular weight is 378 g/mol. The van der Waals surface area contributed by atoms with Gasteiger partial charge in [-0.1, -0.05) is 12.1 Å². The normalized spacial score (nSPS) is 20.0. The largest absolute Gasteiger partial charge is 0.353 e. The van der Waals surface area contributed by atoms with Gasteiger partial charge < -0.3 is 14.7 Å². The van der Waals surface area contributed by atoms with E-state index in [0.29, 0.717) is 26.1 Å². The van der Waals surface area contributed by atoms with Gasteiger partial charge in [0.15, 0.2) is 0 Å². The predicted molar refractivity (Wildman–Crippen MR) is 109 cm³/mol. The molecule has 4 rings (SSSR count). The fourth-order valence-corrected chi connectivity index (χ4v) is 4.18. The summed E-state index contributed by atoms with van der Waals surface area (Å²) in [5.41, 5.74) is 3.16. The molecular weight excluding hydrogens is 352 g/mol. The Morgan fingerprint density at radius 3 is 2.39 bits per heavy atom. The minimum Gasteiger partial charge on any atom is -0.353 e. The number of nitrogens with zero attached hydrogens (tertiary/aromatic N) is 4. The van der Waals surface area contributed by atoms with Crippen LogP contribution in [0.3, 0.4) is 0 Å². The summed E-state index contributed by atoms with van der Waals surface area (Å²) in [6.07, 6.45) is 2.09. The van der Waals surface area contributed by atoms with E-state index >= 15 is 0 Å². The van der Waals surface area contributed by atoms with E-state index in [1.807, 2.05) is 49.1 Å². The summed E-state index contributed by atoms with van der Waals surface area (Å²) in [4.78, 5) is 35.8. The maximum atomic E-state index is 13.0. The standard InChI is InChI=1S/C22H26N4O2/c1-16-11-17(2)13-19(12-16)26-15-18(14-21(26)27)22(28)25-9-7-24(8-10-25)20-5-3-4-6-23-20/h3-6,11-13,18H,7-10,14-15H2,1-2H3. The Morgan fingerprint density at radius 1 is 1.04 bits per heavy atom. The van der Waals surface area contributed by atoms with Gasteiger partial charge in [-0.25, -0.2) is 4.98 Å². The maximum Gasteiger partial charge on any atom is 0.228 e. The van der Waals surface area contributed by atoms with E-state index < -0.39 is 0 Å². The van der Waals surface area contributed by atoms with Crippen LogP contribution in [0.15, 0.2) is 42.6 Å². The smallest absolute Gasteiger partial charge is 0.228 e. The van der Waals surface area contributed by atoms with Gasteiger partial charge in [0, 0.05) is 51.0 Å². The first-order valence-corrected chi connectivity index (χ1v) is 9.85. The summed E-state index contributed by atoms with van der Waals surface area (Å²) in [5, 5.41) is 0. The lowest BCUT2D eigenvalue weighted by Gasteiger charge is -2.36. The summed E-state index contributed by atoms with van der Waals surface area (Å²) < 4.78 is 0. The summed E-state index contributed by atoms with van der Waals surface area (Å²) in [6, 6.07) is 12.0. The summed E-state index contributed by atoms with van der Waals surface area (Å²) in [7, 11) is 0. The minimum absolute atomic E-state index is 0.0375. The molecule has 0 bridgehead atoms. The topological polar surface area (TPSA) is 56.8 Å². The van der Waals surface area contributed by atoms with Crippen LogP contribution < -0.4 is 9.80 Å². The molecule has 0 N–H and O–H groups in total. The van der Waals surface area contributed by atoms with Crippen LogP contribution in [-0.4, -0.2) is 54.4 Å². The van der Waals surface area contributed by atoms with Gasteiger partial charge in [0.05, 0.1) is 5.92 Å². The molecule has 146 valence electrons. The number of hydrogen-bond acceptors (Lipinski definition) is 4. The van der Waals surface area contributed by atoms with E-state index in [4.69, 9.17) is 0 Å². The zero-order valence-electron chi connectivity index (χ0n) is 16.5. The number of aryl methyl sites for hydroxylation is 2. The Bertz CT molecular complexity index is 855. The van der Waals surface area contributed by atoms with E-state index in [2.05, 4.69) is 16.0 Å². The third-order valence-corrected chi connectivity index (χ3v) is 5.56. The molecule has 6 nitrogen and oxygen atoms in total. The van der Waals surface area contributed by atoms with Crippen molar-refractivity contribution in [3.05, 3.63) is 53.7 Å². The molecule has 1 aromatic heterocycles. The molecule has 2 fully saturated rings. The van der Waals surface area contributed by atoms with Crippen LogP contribution in [0.1, 0.15) is 17.5 Å². The monoisotopic (exact) mass is 378 g/mol. The number of amides is 2. The zero-order valence-corrected chi connectivity index (χ0v) is 16.5. The second-order valence-electron chi connectivity index (χ2n) is 7.75. The van der Waals surface area contributed by atoms with Crippen molar-refractivity contribution in [2.45, 2.75) is 20.3 Å². The first kappa shape index (κ1) is 18.5. The highest BCUT2D eigenvalue weighted by molar-refractivity contribution is 6.00. The lowest BCUT2D eigenvalue weighted by atomic mass is 10.1. The van der Waals surface area contributed by atoms with E-state index in [1.54, 1.807) is 11.1 Å². The second kappa shape index (κ2) is 7.62. The summed E-state index contributed by atoms with van der Waals surface area (Å²) in [6.45, 7) is 7.41. The fraction of sp³-hybridized carbons (Fsp3) is 0.409. The predicted octanol–water partition coefficient (Wildman–Crippen LogP) is 2.40. The molecule has 0 aliphatic carbocycles. The lowest BCUT2D eigenvalue weighted by Crippen LogP contribution is -2.51. The molecule has 2 amide bonds. The first-order valence-electron chi connectivity index (χ1n) is 9.85. The van der Waals surface area contributed by atoms with Crippen LogP contribution in [0, 0.1) is 19.8 Å². The lowest BCUT2D eigenvalue weighted by molar-refractivity contribution is -0.136. The number of hydrogen-bond donors (Lipinski definition) is 0. The van der Waals surface area contributed by atoms with Crippen molar-refractivity contribution in [1.82, 2.24) is 9.88 Å². The molecule has 0 spiro atoms. The Hall–Kier alpha value is -2.89. The number of carbonyl (C=O) groups excluding carboxylic acids is 2. The van der Waals surface area contributed by atoms with Crippen LogP contribution in [0.4, 0.5) is 11.5 Å². The van der Waals surface area contributed by atoms with Gasteiger partial charge >= 0.3 is 0 Å². The molecule has 1 atom stereocenters. The van der Waals surface area contributed by atoms with Gasteiger partial charge in [-0.15, -0.1) is 0 Å². The van der Waals surface area contributed by atoms with Gasteiger partial charge in [-0.3, -0.25) is 9.59 Å². The highest BCUT2D eigenvalue weighted by Gasteiger charge is 2.38. The SMILES string of the molecule is Cc1cc(C)cc(N2CC(C(=O)N3CCN(c4ccccn4)CC3)CC2=O)c1. The van der Waals surface area contributed by atoms with Gasteiger partial charge in [0.25, 0.3) is 0 Å². The quantitative estimate of drug-likeness (QED) is 0.823. The molecule has 1 aromatic carbocycles. The second-order valence-corrected chi connectivity index (χ2v) is 7.75. The van der Waals surface area contributed by atoms with Gasteiger partial charge in [-0.05, 0) is 49.2 Å². The van der Waals surface area contributed by atoms with E-state index in [9.17, 15) is 9.59 Å². The van der Waals surface area contributed by atoms with Crippen LogP contribution in [-0.2, 0) is 9.59 Å². The molecule has 2 aromatic rings. The van der Waals surface area contributed by atoms with Crippen molar-refractivity contribution < 1.29 is 9.59 Å². The molecule has 2 saturated heterocycles. The van der Waals surface area contributed by atoms with Crippen LogP contribution in [0.2, 0.25) is 0 Å². The number of pyridine rings is 1. The number of anilines is 2. The fourth-order valence-electron chi connectivity index (χ4n) is 4.18. The molecular formula is C22H26N4O2. The molecule has 1 unspecified atom stereocenters. The Labute approximate surface area is 165 Å². The third-order valence-electron chi connectivity index (χ3n) is 5.56. The molecule has 0 radical (unpaired) electrons. The van der Waals surface area contributed by atoms with Crippen LogP contribution in [0.25, 0.3) is 0 Å². The molecule has 2 aliphatic heterocycles. The van der Waals surface area contributed by atoms with Crippen molar-refractivity contribution in [3.63, 3.8) is 0 Å². The van der Waals surface area contributed by atoms with Crippen molar-refractivity contribution in [2.24, 2.45) is 5.92 Å². The Balaban J connectivity index is 1.39. The van der Waals surface area contributed by atoms with Crippen LogP contribution in [0.5, 0.6) is 0 Å². The Morgan fingerprint density at radius 2 is 1.75 bits per heavy atom. The van der Waals surface area contributed by atoms with E-state index in [-0.39, 0.29) is 17.7 Å². The van der Waals surface area contributed by atoms with Gasteiger partial charge in [0.2, 0.25) is 11.8 Å². The highest BCUT2D eigenvalue weighted by Crippen LogP contribution is 2.28. The molecule has 28 heavy (non-hydrogen) atoms. The van der Waals surface area contributed by atoms with Crippen molar-refractivity contribution in [2.75, 3.05) is 42.5 Å². The Kier molecular flexibility index (Phi) is 5.03. The van der Waals surface area contributed by atoms with E-state index in [1.165, 1.54) is 0 Å². The van der Waals surface area contributed by atoms with Crippen molar-refractivity contribution in [1.29, 1.82) is 0 Å². The average Bonchev–Trinajstić information content (AvgIpc) is 3.09. The number of aromatic nitrogens is 1. The van der Waals surface area contributed by atoms with Crippen LogP contribution >= 0.6 is 0 Å². The summed E-state index contributed by atoms with van der Waals surface area (Å²) >= 11 is 0. The molecule has 3 heterocycles.